The number of carbonyl (C=O) groups excluding carboxylic acids is 1. The molecule has 33 heavy (non-hydrogen) atoms. The van der Waals surface area contributed by atoms with Gasteiger partial charge < -0.3 is 15.3 Å². The number of amides is 1. The standard InChI is InChI=1S/C20H24N8O4S/c29-12-8-16(19(30)26-33(31,32)13-5-6-13)27(10-12)20-22-18(15-2-1-7-28(15)25-20)21-17-9-14(23-24-17)11-3-4-11/h1-2,7,9,11-13,16,29H,3-6,8,10H2,(H,26,30)(H2,21,22,23,24,25)/t12-,16-/m0/s1. The summed E-state index contributed by atoms with van der Waals surface area (Å²) in [6.07, 6.45) is 4.45. The van der Waals surface area contributed by atoms with E-state index in [-0.39, 0.29) is 18.9 Å². The van der Waals surface area contributed by atoms with E-state index in [2.05, 4.69) is 30.3 Å². The van der Waals surface area contributed by atoms with Gasteiger partial charge in [0.05, 0.1) is 11.4 Å². The minimum atomic E-state index is -3.70. The number of nitrogens with zero attached hydrogens (tertiary/aromatic N) is 5. The van der Waals surface area contributed by atoms with Gasteiger partial charge in [0, 0.05) is 36.8 Å². The molecular weight excluding hydrogens is 448 g/mol. The fraction of sp³-hybridized carbons (Fsp3) is 0.500. The zero-order valence-electron chi connectivity index (χ0n) is 17.7. The number of aliphatic hydroxyl groups excluding tert-OH is 1. The van der Waals surface area contributed by atoms with E-state index < -0.39 is 33.3 Å². The van der Waals surface area contributed by atoms with E-state index in [1.807, 2.05) is 18.2 Å². The molecular formula is C20H24N8O4S. The van der Waals surface area contributed by atoms with Gasteiger partial charge in [-0.1, -0.05) is 0 Å². The first kappa shape index (κ1) is 20.4. The lowest BCUT2D eigenvalue weighted by molar-refractivity contribution is -0.120. The van der Waals surface area contributed by atoms with Crippen molar-refractivity contribution in [2.24, 2.45) is 0 Å². The van der Waals surface area contributed by atoms with Crippen molar-refractivity contribution in [1.82, 2.24) is 29.5 Å². The molecule has 1 saturated heterocycles. The van der Waals surface area contributed by atoms with Crippen molar-refractivity contribution in [1.29, 1.82) is 0 Å². The Kier molecular flexibility index (Phi) is 4.59. The van der Waals surface area contributed by atoms with E-state index in [0.717, 1.165) is 18.5 Å². The Hall–Kier alpha value is -3.19. The molecule has 0 spiro atoms. The summed E-state index contributed by atoms with van der Waals surface area (Å²) in [6, 6.07) is 4.73. The van der Waals surface area contributed by atoms with Gasteiger partial charge in [0.2, 0.25) is 16.0 Å². The second-order valence-corrected chi connectivity index (χ2v) is 10.9. The van der Waals surface area contributed by atoms with Gasteiger partial charge in [-0.2, -0.15) is 10.1 Å². The molecule has 3 aromatic heterocycles. The van der Waals surface area contributed by atoms with Crippen LogP contribution in [0.1, 0.15) is 43.7 Å². The van der Waals surface area contributed by atoms with Crippen LogP contribution in [0.2, 0.25) is 0 Å². The largest absolute Gasteiger partial charge is 0.391 e. The Morgan fingerprint density at radius 2 is 2.06 bits per heavy atom. The number of fused-ring (bicyclic) bond motifs is 1. The molecule has 12 nitrogen and oxygen atoms in total. The number of hydrogen-bond donors (Lipinski definition) is 4. The number of aromatic nitrogens is 5. The van der Waals surface area contributed by atoms with Crippen molar-refractivity contribution in [3.63, 3.8) is 0 Å². The van der Waals surface area contributed by atoms with Crippen LogP contribution in [-0.2, 0) is 14.8 Å². The summed E-state index contributed by atoms with van der Waals surface area (Å²) in [5, 5.41) is 24.8. The van der Waals surface area contributed by atoms with Gasteiger partial charge in [-0.3, -0.25) is 14.6 Å². The minimum Gasteiger partial charge on any atom is -0.391 e. The third-order valence-corrected chi connectivity index (χ3v) is 8.12. The van der Waals surface area contributed by atoms with Crippen molar-refractivity contribution in [2.45, 2.75) is 55.4 Å². The number of aromatic amines is 1. The molecule has 174 valence electrons. The average molecular weight is 473 g/mol. The van der Waals surface area contributed by atoms with Gasteiger partial charge in [-0.05, 0) is 37.8 Å². The van der Waals surface area contributed by atoms with E-state index in [0.29, 0.717) is 35.9 Å². The Bertz CT molecular complexity index is 1330. The number of hydrogen-bond acceptors (Lipinski definition) is 9. The Morgan fingerprint density at radius 1 is 1.24 bits per heavy atom. The molecule has 6 rings (SSSR count). The molecule has 1 aliphatic heterocycles. The molecule has 13 heteroatoms. The third kappa shape index (κ3) is 3.91. The van der Waals surface area contributed by atoms with Crippen LogP contribution >= 0.6 is 0 Å². The maximum Gasteiger partial charge on any atom is 0.256 e. The molecule has 3 fully saturated rings. The third-order valence-electron chi connectivity index (χ3n) is 6.29. The van der Waals surface area contributed by atoms with Crippen LogP contribution in [-0.4, -0.2) is 68.2 Å². The number of anilines is 3. The van der Waals surface area contributed by atoms with Crippen LogP contribution in [0.3, 0.4) is 0 Å². The predicted octanol–water partition coefficient (Wildman–Crippen LogP) is 0.621. The van der Waals surface area contributed by atoms with E-state index in [4.69, 9.17) is 0 Å². The maximum absolute atomic E-state index is 12.8. The van der Waals surface area contributed by atoms with Crippen LogP contribution in [0.15, 0.2) is 24.4 Å². The number of aliphatic hydroxyl groups is 1. The number of H-pyrrole nitrogens is 1. The first-order valence-electron chi connectivity index (χ1n) is 11.1. The monoisotopic (exact) mass is 472 g/mol. The summed E-state index contributed by atoms with van der Waals surface area (Å²) in [4.78, 5) is 19.0. The number of rotatable bonds is 7. The second-order valence-electron chi connectivity index (χ2n) is 8.97. The molecule has 2 saturated carbocycles. The van der Waals surface area contributed by atoms with Crippen molar-refractivity contribution in [3.05, 3.63) is 30.1 Å². The minimum absolute atomic E-state index is 0.0893. The molecule has 1 amide bonds. The zero-order chi connectivity index (χ0) is 22.7. The van der Waals surface area contributed by atoms with E-state index in [1.54, 1.807) is 15.6 Å². The van der Waals surface area contributed by atoms with E-state index in [9.17, 15) is 18.3 Å². The average Bonchev–Trinajstić information content (AvgIpc) is 3.68. The van der Waals surface area contributed by atoms with Crippen LogP contribution in [0.4, 0.5) is 17.6 Å². The number of carbonyl (C=O) groups is 1. The number of β-amino-alcohol motifs (C(OH)–C–C–N with tert-alkyl or cyclic N) is 1. The Morgan fingerprint density at radius 3 is 2.82 bits per heavy atom. The normalized spacial score (nSPS) is 23.2. The molecule has 0 bridgehead atoms. The maximum atomic E-state index is 12.8. The lowest BCUT2D eigenvalue weighted by Crippen LogP contribution is -2.47. The Labute approximate surface area is 189 Å². The SMILES string of the molecule is O=C(NS(=O)(=O)C1CC1)[C@@H]1C[C@H](O)CN1c1nc(Nc2cc(C3CC3)[nH]n2)c2cccn2n1. The molecule has 0 unspecified atom stereocenters. The van der Waals surface area contributed by atoms with Crippen molar-refractivity contribution < 1.29 is 18.3 Å². The van der Waals surface area contributed by atoms with Crippen LogP contribution in [0, 0.1) is 0 Å². The highest BCUT2D eigenvalue weighted by Crippen LogP contribution is 2.40. The van der Waals surface area contributed by atoms with E-state index in [1.165, 1.54) is 0 Å². The lowest BCUT2D eigenvalue weighted by Gasteiger charge is -2.24. The summed E-state index contributed by atoms with van der Waals surface area (Å²) >= 11 is 0. The van der Waals surface area contributed by atoms with Gasteiger partial charge in [-0.15, -0.1) is 5.10 Å². The molecule has 4 N–H and O–H groups in total. The highest BCUT2D eigenvalue weighted by molar-refractivity contribution is 7.90. The molecule has 3 aliphatic rings. The summed E-state index contributed by atoms with van der Waals surface area (Å²) in [6.45, 7) is 0.113. The van der Waals surface area contributed by atoms with Crippen molar-refractivity contribution >= 4 is 39.0 Å². The van der Waals surface area contributed by atoms with Crippen molar-refractivity contribution in [2.75, 3.05) is 16.8 Å². The van der Waals surface area contributed by atoms with Gasteiger partial charge in [-0.25, -0.2) is 12.9 Å². The molecule has 0 radical (unpaired) electrons. The lowest BCUT2D eigenvalue weighted by atomic mass is 10.2. The molecule has 4 heterocycles. The van der Waals surface area contributed by atoms with Crippen LogP contribution in [0.25, 0.3) is 5.52 Å². The summed E-state index contributed by atoms with van der Waals surface area (Å²) in [5.74, 6) is 1.17. The summed E-state index contributed by atoms with van der Waals surface area (Å²) in [7, 11) is -3.70. The van der Waals surface area contributed by atoms with Gasteiger partial charge in [0.25, 0.3) is 5.91 Å². The highest BCUT2D eigenvalue weighted by atomic mass is 32.2. The summed E-state index contributed by atoms with van der Waals surface area (Å²) in [5.41, 5.74) is 1.79. The zero-order valence-corrected chi connectivity index (χ0v) is 18.5. The quantitative estimate of drug-likeness (QED) is 0.387. The Balaban J connectivity index is 1.30. The predicted molar refractivity (Wildman–Crippen MR) is 119 cm³/mol. The first-order valence-corrected chi connectivity index (χ1v) is 12.6. The summed E-state index contributed by atoms with van der Waals surface area (Å²) < 4.78 is 28.3. The second kappa shape index (κ2) is 7.42. The molecule has 3 aromatic rings. The highest BCUT2D eigenvalue weighted by Gasteiger charge is 2.42. The van der Waals surface area contributed by atoms with Crippen molar-refractivity contribution in [3.8, 4) is 0 Å². The molecule has 2 aliphatic carbocycles. The fourth-order valence-electron chi connectivity index (χ4n) is 4.22. The smallest absolute Gasteiger partial charge is 0.256 e. The fourth-order valence-corrected chi connectivity index (χ4v) is 5.56. The van der Waals surface area contributed by atoms with Crippen LogP contribution in [0.5, 0.6) is 0 Å². The van der Waals surface area contributed by atoms with Crippen LogP contribution < -0.4 is 14.9 Å². The van der Waals surface area contributed by atoms with Gasteiger partial charge in [0.15, 0.2) is 11.6 Å². The number of sulfonamides is 1. The topological polar surface area (TPSA) is 158 Å². The first-order chi connectivity index (χ1) is 15.9. The molecule has 2 atom stereocenters. The molecule has 0 aromatic carbocycles. The van der Waals surface area contributed by atoms with E-state index >= 15 is 0 Å². The van der Waals surface area contributed by atoms with Gasteiger partial charge in [0.1, 0.15) is 11.6 Å². The number of nitrogens with one attached hydrogen (secondary N) is 3. The van der Waals surface area contributed by atoms with Gasteiger partial charge >= 0.3 is 0 Å².